The predicted molar refractivity (Wildman–Crippen MR) is 96.9 cm³/mol. The van der Waals surface area contributed by atoms with Crippen molar-refractivity contribution in [3.63, 3.8) is 0 Å². The average molecular weight is 351 g/mol. The van der Waals surface area contributed by atoms with Crippen LogP contribution in [0.25, 0.3) is 0 Å². The van der Waals surface area contributed by atoms with Crippen molar-refractivity contribution in [2.75, 3.05) is 33.4 Å². The van der Waals surface area contributed by atoms with Crippen molar-refractivity contribution in [2.45, 2.75) is 45.3 Å². The van der Waals surface area contributed by atoms with E-state index in [-0.39, 0.29) is 30.0 Å². The molecular formula is C19H30FN3O2. The topological polar surface area (TPSA) is 44.8 Å². The van der Waals surface area contributed by atoms with Gasteiger partial charge in [0, 0.05) is 43.9 Å². The van der Waals surface area contributed by atoms with Crippen LogP contribution >= 0.6 is 0 Å². The van der Waals surface area contributed by atoms with Crippen molar-refractivity contribution in [1.82, 2.24) is 15.1 Å². The van der Waals surface area contributed by atoms with Crippen LogP contribution in [-0.2, 0) is 11.3 Å². The van der Waals surface area contributed by atoms with Crippen LogP contribution in [-0.4, -0.2) is 60.8 Å². The number of halogens is 1. The molecule has 0 unspecified atom stereocenters. The standard InChI is InChI=1S/C19H30FN3O2/c1-19(2,3)23-10-9-16(14-23)21-18(24)22(11-12-25-4)13-15-7-5-6-8-17(15)20/h5-8,16H,9-14H2,1-4H3,(H,21,24)/t16-/m1/s1. The highest BCUT2D eigenvalue weighted by molar-refractivity contribution is 5.74. The maximum atomic E-state index is 13.9. The van der Waals surface area contributed by atoms with Crippen LogP contribution in [0.15, 0.2) is 24.3 Å². The van der Waals surface area contributed by atoms with Crippen molar-refractivity contribution in [3.8, 4) is 0 Å². The van der Waals surface area contributed by atoms with Crippen LogP contribution in [0.3, 0.4) is 0 Å². The molecule has 0 aromatic heterocycles. The van der Waals surface area contributed by atoms with Gasteiger partial charge in [0.05, 0.1) is 13.2 Å². The number of likely N-dealkylation sites (tertiary alicyclic amines) is 1. The molecule has 2 rings (SSSR count). The molecule has 1 aromatic carbocycles. The number of carbonyl (C=O) groups excluding carboxylic acids is 1. The van der Waals surface area contributed by atoms with Gasteiger partial charge in [0.2, 0.25) is 0 Å². The molecule has 0 radical (unpaired) electrons. The Labute approximate surface area is 150 Å². The Morgan fingerprint density at radius 3 is 2.72 bits per heavy atom. The van der Waals surface area contributed by atoms with E-state index in [1.54, 1.807) is 30.2 Å². The number of nitrogens with one attached hydrogen (secondary N) is 1. The Morgan fingerprint density at radius 2 is 2.12 bits per heavy atom. The van der Waals surface area contributed by atoms with E-state index < -0.39 is 0 Å². The molecule has 1 saturated heterocycles. The van der Waals surface area contributed by atoms with E-state index in [1.807, 2.05) is 0 Å². The number of carbonyl (C=O) groups is 1. The third-order valence-electron chi connectivity index (χ3n) is 4.64. The number of rotatable bonds is 6. The zero-order valence-corrected chi connectivity index (χ0v) is 15.7. The maximum absolute atomic E-state index is 13.9. The van der Waals surface area contributed by atoms with Crippen molar-refractivity contribution in [1.29, 1.82) is 0 Å². The van der Waals surface area contributed by atoms with Crippen molar-refractivity contribution in [2.24, 2.45) is 0 Å². The molecule has 1 atom stereocenters. The summed E-state index contributed by atoms with van der Waals surface area (Å²) < 4.78 is 19.0. The highest BCUT2D eigenvalue weighted by Gasteiger charge is 2.31. The number of urea groups is 1. The summed E-state index contributed by atoms with van der Waals surface area (Å²) in [7, 11) is 1.59. The van der Waals surface area contributed by atoms with Crippen LogP contribution in [0.2, 0.25) is 0 Å². The Hall–Kier alpha value is -1.66. The van der Waals surface area contributed by atoms with Gasteiger partial charge in [-0.2, -0.15) is 0 Å². The Balaban J connectivity index is 1.98. The lowest BCUT2D eigenvalue weighted by Crippen LogP contribution is -2.48. The first-order valence-corrected chi connectivity index (χ1v) is 8.84. The molecule has 0 bridgehead atoms. The van der Waals surface area contributed by atoms with Gasteiger partial charge < -0.3 is 15.0 Å². The maximum Gasteiger partial charge on any atom is 0.318 e. The first kappa shape index (κ1) is 19.7. The molecule has 1 fully saturated rings. The lowest BCUT2D eigenvalue weighted by molar-refractivity contribution is 0.142. The highest BCUT2D eigenvalue weighted by Crippen LogP contribution is 2.20. The zero-order chi connectivity index (χ0) is 18.4. The Bertz CT molecular complexity index is 574. The van der Waals surface area contributed by atoms with Gasteiger partial charge in [-0.05, 0) is 33.3 Å². The summed E-state index contributed by atoms with van der Waals surface area (Å²) in [5, 5.41) is 3.10. The van der Waals surface area contributed by atoms with Crippen LogP contribution in [0, 0.1) is 5.82 Å². The lowest BCUT2D eigenvalue weighted by Gasteiger charge is -2.32. The second kappa shape index (κ2) is 8.63. The molecule has 1 N–H and O–H groups in total. The zero-order valence-electron chi connectivity index (χ0n) is 15.7. The largest absolute Gasteiger partial charge is 0.383 e. The van der Waals surface area contributed by atoms with E-state index in [0.29, 0.717) is 18.7 Å². The minimum absolute atomic E-state index is 0.0996. The van der Waals surface area contributed by atoms with E-state index in [1.165, 1.54) is 6.07 Å². The van der Waals surface area contributed by atoms with E-state index in [0.717, 1.165) is 19.5 Å². The molecule has 0 saturated carbocycles. The molecule has 0 aliphatic carbocycles. The predicted octanol–water partition coefficient (Wildman–Crippen LogP) is 2.86. The molecule has 2 amide bonds. The molecule has 1 aliphatic rings. The lowest BCUT2D eigenvalue weighted by atomic mass is 10.1. The van der Waals surface area contributed by atoms with Gasteiger partial charge in [-0.25, -0.2) is 9.18 Å². The second-order valence-corrected chi connectivity index (χ2v) is 7.56. The quantitative estimate of drug-likeness (QED) is 0.857. The SMILES string of the molecule is COCCN(Cc1ccccc1F)C(=O)N[C@@H]1CCN(C(C)(C)C)C1. The fourth-order valence-electron chi connectivity index (χ4n) is 3.04. The third-order valence-corrected chi connectivity index (χ3v) is 4.64. The Morgan fingerprint density at radius 1 is 1.40 bits per heavy atom. The molecule has 1 heterocycles. The van der Waals surface area contributed by atoms with Crippen LogP contribution in [0.5, 0.6) is 0 Å². The molecule has 25 heavy (non-hydrogen) atoms. The van der Waals surface area contributed by atoms with Crippen LogP contribution in [0.4, 0.5) is 9.18 Å². The summed E-state index contributed by atoms with van der Waals surface area (Å²) in [6.45, 7) is 9.43. The highest BCUT2D eigenvalue weighted by atomic mass is 19.1. The third kappa shape index (κ3) is 5.68. The van der Waals surface area contributed by atoms with Crippen LogP contribution in [0.1, 0.15) is 32.8 Å². The fourth-order valence-corrected chi connectivity index (χ4v) is 3.04. The molecular weight excluding hydrogens is 321 g/mol. The van der Waals surface area contributed by atoms with E-state index >= 15 is 0 Å². The van der Waals surface area contributed by atoms with E-state index in [9.17, 15) is 9.18 Å². The van der Waals surface area contributed by atoms with Crippen molar-refractivity contribution >= 4 is 6.03 Å². The summed E-state index contributed by atoms with van der Waals surface area (Å²) >= 11 is 0. The minimum atomic E-state index is -0.294. The average Bonchev–Trinajstić information content (AvgIpc) is 3.01. The van der Waals surface area contributed by atoms with Gasteiger partial charge in [-0.3, -0.25) is 4.90 Å². The summed E-state index contributed by atoms with van der Waals surface area (Å²) in [5.41, 5.74) is 0.610. The number of hydrogen-bond donors (Lipinski definition) is 1. The minimum Gasteiger partial charge on any atom is -0.383 e. The summed E-state index contributed by atoms with van der Waals surface area (Å²) in [5.74, 6) is -0.294. The van der Waals surface area contributed by atoms with Gasteiger partial charge in [0.25, 0.3) is 0 Å². The van der Waals surface area contributed by atoms with Gasteiger partial charge in [0.15, 0.2) is 0 Å². The fraction of sp³-hybridized carbons (Fsp3) is 0.632. The number of methoxy groups -OCH3 is 1. The summed E-state index contributed by atoms with van der Waals surface area (Å²) in [4.78, 5) is 16.7. The Kier molecular flexibility index (Phi) is 6.79. The van der Waals surface area contributed by atoms with Gasteiger partial charge >= 0.3 is 6.03 Å². The number of hydrogen-bond acceptors (Lipinski definition) is 3. The number of nitrogens with zero attached hydrogens (tertiary/aromatic N) is 2. The summed E-state index contributed by atoms with van der Waals surface area (Å²) in [6, 6.07) is 6.51. The molecule has 5 nitrogen and oxygen atoms in total. The first-order chi connectivity index (χ1) is 11.8. The van der Waals surface area contributed by atoms with Gasteiger partial charge in [-0.1, -0.05) is 18.2 Å². The number of amides is 2. The van der Waals surface area contributed by atoms with Crippen molar-refractivity contribution in [3.05, 3.63) is 35.6 Å². The van der Waals surface area contributed by atoms with E-state index in [4.69, 9.17) is 4.74 Å². The molecule has 1 aliphatic heterocycles. The van der Waals surface area contributed by atoms with Crippen molar-refractivity contribution < 1.29 is 13.9 Å². The first-order valence-electron chi connectivity index (χ1n) is 8.84. The van der Waals surface area contributed by atoms with Gasteiger partial charge in [0.1, 0.15) is 5.82 Å². The van der Waals surface area contributed by atoms with E-state index in [2.05, 4.69) is 31.0 Å². The van der Waals surface area contributed by atoms with Gasteiger partial charge in [-0.15, -0.1) is 0 Å². The summed E-state index contributed by atoms with van der Waals surface area (Å²) in [6.07, 6.45) is 0.931. The van der Waals surface area contributed by atoms with Crippen LogP contribution < -0.4 is 5.32 Å². The molecule has 1 aromatic rings. The molecule has 6 heteroatoms. The molecule has 140 valence electrons. The number of ether oxygens (including phenoxy) is 1. The normalized spacial score (nSPS) is 18.4. The number of benzene rings is 1. The molecule has 0 spiro atoms. The second-order valence-electron chi connectivity index (χ2n) is 7.56. The smallest absolute Gasteiger partial charge is 0.318 e. The monoisotopic (exact) mass is 351 g/mol.